The quantitative estimate of drug-likeness (QED) is 0.784. The highest BCUT2D eigenvalue weighted by Gasteiger charge is 2.25. The Hall–Kier alpha value is -1.26. The number of hydrogen-bond acceptors (Lipinski definition) is 3. The van der Waals surface area contributed by atoms with Crippen LogP contribution in [0.5, 0.6) is 5.75 Å². The lowest BCUT2D eigenvalue weighted by molar-refractivity contribution is -0.126. The van der Waals surface area contributed by atoms with Crippen LogP contribution in [0.4, 0.5) is 0 Å². The molecule has 1 aliphatic heterocycles. The summed E-state index contributed by atoms with van der Waals surface area (Å²) in [4.78, 5) is 12.6. The molecule has 2 rings (SSSR count). The van der Waals surface area contributed by atoms with Gasteiger partial charge in [-0.1, -0.05) is 32.0 Å². The Bertz CT molecular complexity index is 502. The fourth-order valence-electron chi connectivity index (χ4n) is 3.16. The molecular formula is C19H31ClN2O2. The number of carbonyl (C=O) groups is 1. The molecule has 4 nitrogen and oxygen atoms in total. The highest BCUT2D eigenvalue weighted by molar-refractivity contribution is 5.85. The molecule has 1 heterocycles. The van der Waals surface area contributed by atoms with Crippen molar-refractivity contribution in [2.75, 3.05) is 19.7 Å². The first-order valence-corrected chi connectivity index (χ1v) is 8.84. The molecule has 0 saturated carbocycles. The van der Waals surface area contributed by atoms with Gasteiger partial charge in [0.2, 0.25) is 5.91 Å². The van der Waals surface area contributed by atoms with Crippen LogP contribution >= 0.6 is 12.4 Å². The number of carbonyl (C=O) groups excluding carboxylic acids is 1. The Morgan fingerprint density at radius 1 is 1.38 bits per heavy atom. The lowest BCUT2D eigenvalue weighted by Gasteiger charge is -2.27. The van der Waals surface area contributed by atoms with Gasteiger partial charge >= 0.3 is 0 Å². The molecule has 1 fully saturated rings. The molecule has 1 aliphatic rings. The summed E-state index contributed by atoms with van der Waals surface area (Å²) >= 11 is 0. The molecule has 1 aromatic carbocycles. The Balaban J connectivity index is 0.00000288. The molecule has 136 valence electrons. The van der Waals surface area contributed by atoms with E-state index in [2.05, 4.69) is 30.5 Å². The first-order valence-electron chi connectivity index (χ1n) is 8.84. The Morgan fingerprint density at radius 3 is 2.75 bits per heavy atom. The molecule has 2 unspecified atom stereocenters. The molecule has 0 bridgehead atoms. The normalized spacial score (nSPS) is 18.6. The fraction of sp³-hybridized carbons (Fsp3) is 0.632. The lowest BCUT2D eigenvalue weighted by atomic mass is 9.93. The topological polar surface area (TPSA) is 50.4 Å². The van der Waals surface area contributed by atoms with E-state index in [1.54, 1.807) is 0 Å². The summed E-state index contributed by atoms with van der Waals surface area (Å²) in [6.07, 6.45) is 2.96. The number of amides is 1. The molecule has 0 aromatic heterocycles. The van der Waals surface area contributed by atoms with Gasteiger partial charge in [-0.2, -0.15) is 0 Å². The average Bonchev–Trinajstić information content (AvgIpc) is 2.55. The maximum atomic E-state index is 12.6. The zero-order valence-electron chi connectivity index (χ0n) is 15.0. The van der Waals surface area contributed by atoms with Gasteiger partial charge in [0.25, 0.3) is 0 Å². The zero-order chi connectivity index (χ0) is 16.7. The lowest BCUT2D eigenvalue weighted by Crippen LogP contribution is -2.42. The molecule has 24 heavy (non-hydrogen) atoms. The van der Waals surface area contributed by atoms with E-state index in [9.17, 15) is 4.79 Å². The summed E-state index contributed by atoms with van der Waals surface area (Å²) in [7, 11) is 0. The third kappa shape index (κ3) is 5.99. The van der Waals surface area contributed by atoms with E-state index in [1.807, 2.05) is 25.1 Å². The SMILES string of the molecule is CCOc1ccccc1C(CC(C)C)NC(=O)C1CCCNC1.Cl. The van der Waals surface area contributed by atoms with Crippen LogP contribution in [-0.2, 0) is 4.79 Å². The van der Waals surface area contributed by atoms with Crippen LogP contribution in [0, 0.1) is 11.8 Å². The van der Waals surface area contributed by atoms with Gasteiger partial charge in [-0.3, -0.25) is 4.79 Å². The van der Waals surface area contributed by atoms with Gasteiger partial charge in [-0.05, 0) is 44.7 Å². The molecule has 0 aliphatic carbocycles. The van der Waals surface area contributed by atoms with E-state index in [0.29, 0.717) is 12.5 Å². The number of halogens is 1. The van der Waals surface area contributed by atoms with Gasteiger partial charge < -0.3 is 15.4 Å². The van der Waals surface area contributed by atoms with E-state index in [1.165, 1.54) is 0 Å². The summed E-state index contributed by atoms with van der Waals surface area (Å²) in [5.41, 5.74) is 1.08. The molecule has 0 spiro atoms. The second-order valence-electron chi connectivity index (χ2n) is 6.70. The maximum absolute atomic E-state index is 12.6. The Morgan fingerprint density at radius 2 is 2.12 bits per heavy atom. The van der Waals surface area contributed by atoms with Gasteiger partial charge in [0.05, 0.1) is 18.6 Å². The van der Waals surface area contributed by atoms with Crippen LogP contribution in [-0.4, -0.2) is 25.6 Å². The van der Waals surface area contributed by atoms with E-state index >= 15 is 0 Å². The minimum Gasteiger partial charge on any atom is -0.494 e. The van der Waals surface area contributed by atoms with Gasteiger partial charge in [-0.25, -0.2) is 0 Å². The molecule has 1 amide bonds. The van der Waals surface area contributed by atoms with Crippen LogP contribution in [0.2, 0.25) is 0 Å². The second kappa shape index (κ2) is 10.6. The van der Waals surface area contributed by atoms with Crippen molar-refractivity contribution in [3.05, 3.63) is 29.8 Å². The third-order valence-corrected chi connectivity index (χ3v) is 4.29. The van der Waals surface area contributed by atoms with Gasteiger partial charge in [0.15, 0.2) is 0 Å². The Labute approximate surface area is 152 Å². The first-order chi connectivity index (χ1) is 11.1. The van der Waals surface area contributed by atoms with Crippen molar-refractivity contribution in [2.24, 2.45) is 11.8 Å². The second-order valence-corrected chi connectivity index (χ2v) is 6.70. The minimum absolute atomic E-state index is 0. The van der Waals surface area contributed by atoms with Crippen LogP contribution in [0.3, 0.4) is 0 Å². The number of benzene rings is 1. The molecule has 1 aromatic rings. The highest BCUT2D eigenvalue weighted by atomic mass is 35.5. The van der Waals surface area contributed by atoms with Crippen molar-refractivity contribution in [2.45, 2.75) is 46.1 Å². The maximum Gasteiger partial charge on any atom is 0.224 e. The van der Waals surface area contributed by atoms with Gasteiger partial charge in [0.1, 0.15) is 5.75 Å². The monoisotopic (exact) mass is 354 g/mol. The van der Waals surface area contributed by atoms with E-state index in [-0.39, 0.29) is 30.3 Å². The number of piperidine rings is 1. The standard InChI is InChI=1S/C19H30N2O2.ClH/c1-4-23-18-10-6-5-9-16(18)17(12-14(2)3)21-19(22)15-8-7-11-20-13-15;/h5-6,9-10,14-15,17,20H,4,7-8,11-13H2,1-3H3,(H,21,22);1H. The molecule has 1 saturated heterocycles. The molecular weight excluding hydrogens is 324 g/mol. The van der Waals surface area contributed by atoms with Gasteiger partial charge in [-0.15, -0.1) is 12.4 Å². The molecule has 0 radical (unpaired) electrons. The van der Waals surface area contributed by atoms with Crippen molar-refractivity contribution in [1.29, 1.82) is 0 Å². The number of hydrogen-bond donors (Lipinski definition) is 2. The summed E-state index contributed by atoms with van der Waals surface area (Å²) in [5, 5.41) is 6.59. The van der Waals surface area contributed by atoms with Crippen molar-refractivity contribution >= 4 is 18.3 Å². The van der Waals surface area contributed by atoms with Crippen LogP contribution in [0.15, 0.2) is 24.3 Å². The number of para-hydroxylation sites is 1. The number of ether oxygens (including phenoxy) is 1. The van der Waals surface area contributed by atoms with Gasteiger partial charge in [0, 0.05) is 12.1 Å². The van der Waals surface area contributed by atoms with Crippen molar-refractivity contribution < 1.29 is 9.53 Å². The van der Waals surface area contributed by atoms with Crippen molar-refractivity contribution in [3.63, 3.8) is 0 Å². The zero-order valence-corrected chi connectivity index (χ0v) is 15.8. The summed E-state index contributed by atoms with van der Waals surface area (Å²) < 4.78 is 5.76. The largest absolute Gasteiger partial charge is 0.494 e. The predicted octanol–water partition coefficient (Wildman–Crippen LogP) is 3.71. The van der Waals surface area contributed by atoms with E-state index < -0.39 is 0 Å². The molecule has 2 N–H and O–H groups in total. The van der Waals surface area contributed by atoms with Crippen LogP contribution in [0.25, 0.3) is 0 Å². The Kier molecular flexibility index (Phi) is 9.16. The number of nitrogens with one attached hydrogen (secondary N) is 2. The van der Waals surface area contributed by atoms with Crippen LogP contribution < -0.4 is 15.4 Å². The predicted molar refractivity (Wildman–Crippen MR) is 101 cm³/mol. The summed E-state index contributed by atoms with van der Waals surface area (Å²) in [5.74, 6) is 1.62. The summed E-state index contributed by atoms with van der Waals surface area (Å²) in [6.45, 7) is 8.79. The summed E-state index contributed by atoms with van der Waals surface area (Å²) in [6, 6.07) is 8.05. The van der Waals surface area contributed by atoms with Crippen LogP contribution in [0.1, 0.15) is 51.6 Å². The third-order valence-electron chi connectivity index (χ3n) is 4.29. The first kappa shape index (κ1) is 20.8. The molecule has 2 atom stereocenters. The van der Waals surface area contributed by atoms with E-state index in [4.69, 9.17) is 4.74 Å². The van der Waals surface area contributed by atoms with Crippen molar-refractivity contribution in [3.8, 4) is 5.75 Å². The average molecular weight is 355 g/mol. The van der Waals surface area contributed by atoms with E-state index in [0.717, 1.165) is 43.7 Å². The fourth-order valence-corrected chi connectivity index (χ4v) is 3.16. The molecule has 5 heteroatoms. The number of rotatable bonds is 7. The highest BCUT2D eigenvalue weighted by Crippen LogP contribution is 2.30. The smallest absolute Gasteiger partial charge is 0.224 e. The van der Waals surface area contributed by atoms with Crippen molar-refractivity contribution in [1.82, 2.24) is 10.6 Å². The minimum atomic E-state index is 0.